The van der Waals surface area contributed by atoms with E-state index in [2.05, 4.69) is 41.6 Å². The maximum absolute atomic E-state index is 12.2. The molecule has 4 rings (SSSR count). The highest BCUT2D eigenvalue weighted by molar-refractivity contribution is 9.10. The Balaban J connectivity index is 1.28. The van der Waals surface area contributed by atoms with Crippen LogP contribution in [-0.2, 0) is 6.54 Å². The second kappa shape index (κ2) is 8.53. The number of urea groups is 1. The predicted molar refractivity (Wildman–Crippen MR) is 110 cm³/mol. The predicted octanol–water partition coefficient (Wildman–Crippen LogP) is 3.90. The van der Waals surface area contributed by atoms with Gasteiger partial charge in [0.2, 0.25) is 0 Å². The number of anilines is 1. The number of rotatable bonds is 5. The van der Waals surface area contributed by atoms with Gasteiger partial charge in [-0.25, -0.2) is 4.79 Å². The van der Waals surface area contributed by atoms with Crippen LogP contribution in [0.5, 0.6) is 0 Å². The van der Waals surface area contributed by atoms with Gasteiger partial charge in [-0.1, -0.05) is 35.5 Å². The lowest BCUT2D eigenvalue weighted by atomic mass is 10.2. The van der Waals surface area contributed by atoms with Gasteiger partial charge in [-0.2, -0.15) is 4.98 Å². The molecule has 0 radical (unpaired) electrons. The molecule has 3 aromatic rings. The summed E-state index contributed by atoms with van der Waals surface area (Å²) in [7, 11) is 0. The van der Waals surface area contributed by atoms with Crippen molar-refractivity contribution in [1.82, 2.24) is 20.4 Å². The van der Waals surface area contributed by atoms with Crippen molar-refractivity contribution in [2.45, 2.75) is 19.0 Å². The van der Waals surface area contributed by atoms with Crippen molar-refractivity contribution in [3.8, 4) is 11.5 Å². The molecular weight excluding hydrogens is 422 g/mol. The van der Waals surface area contributed by atoms with Crippen LogP contribution in [0.3, 0.4) is 0 Å². The van der Waals surface area contributed by atoms with Crippen LogP contribution in [0.1, 0.15) is 12.2 Å². The number of nitrogens with zero attached hydrogens (tertiary/aromatic N) is 3. The highest BCUT2D eigenvalue weighted by atomic mass is 79.9. The summed E-state index contributed by atoms with van der Waals surface area (Å²) in [6, 6.07) is 17.1. The summed E-state index contributed by atoms with van der Waals surface area (Å²) in [6.45, 7) is 2.22. The Morgan fingerprint density at radius 3 is 2.79 bits per heavy atom. The average Bonchev–Trinajstić information content (AvgIpc) is 3.34. The van der Waals surface area contributed by atoms with Crippen LogP contribution in [-0.4, -0.2) is 40.2 Å². The number of hydrogen-bond donors (Lipinski definition) is 2. The van der Waals surface area contributed by atoms with Gasteiger partial charge in [0.05, 0.1) is 12.2 Å². The Morgan fingerprint density at radius 2 is 1.96 bits per heavy atom. The van der Waals surface area contributed by atoms with Gasteiger partial charge >= 0.3 is 6.03 Å². The number of para-hydroxylation sites is 1. The topological polar surface area (TPSA) is 83.3 Å². The summed E-state index contributed by atoms with van der Waals surface area (Å²) in [4.78, 5) is 18.9. The van der Waals surface area contributed by atoms with Crippen molar-refractivity contribution in [1.29, 1.82) is 0 Å². The van der Waals surface area contributed by atoms with Gasteiger partial charge in [0, 0.05) is 29.2 Å². The summed E-state index contributed by atoms with van der Waals surface area (Å²) in [6.07, 6.45) is 0.882. The standard InChI is InChI=1S/C20H20BrN5O2/c21-16-8-4-5-9-17(16)23-20(27)22-15-10-11-26(12-15)13-18-24-19(28-25-18)14-6-2-1-3-7-14/h1-9,15H,10-13H2,(H2,22,23,27). The third-order valence-electron chi connectivity index (χ3n) is 4.58. The molecule has 2 N–H and O–H groups in total. The Labute approximate surface area is 171 Å². The lowest BCUT2D eigenvalue weighted by molar-refractivity contribution is 0.247. The van der Waals surface area contributed by atoms with Gasteiger partial charge in [0.1, 0.15) is 0 Å². The zero-order valence-corrected chi connectivity index (χ0v) is 16.7. The Hall–Kier alpha value is -2.71. The number of carbonyl (C=O) groups is 1. The number of aromatic nitrogens is 2. The van der Waals surface area contributed by atoms with Crippen molar-refractivity contribution < 1.29 is 9.32 Å². The summed E-state index contributed by atoms with van der Waals surface area (Å²) < 4.78 is 6.21. The maximum atomic E-state index is 12.2. The normalized spacial score (nSPS) is 16.8. The van der Waals surface area contributed by atoms with Crippen molar-refractivity contribution in [2.24, 2.45) is 0 Å². The molecule has 1 unspecified atom stereocenters. The van der Waals surface area contributed by atoms with Crippen LogP contribution in [0.2, 0.25) is 0 Å². The summed E-state index contributed by atoms with van der Waals surface area (Å²) in [5.74, 6) is 1.18. The number of benzene rings is 2. The molecule has 1 aliphatic rings. The smallest absolute Gasteiger partial charge is 0.319 e. The van der Waals surface area contributed by atoms with Crippen LogP contribution in [0.25, 0.3) is 11.5 Å². The lowest BCUT2D eigenvalue weighted by Gasteiger charge is -2.15. The van der Waals surface area contributed by atoms with E-state index in [4.69, 9.17) is 4.52 Å². The zero-order chi connectivity index (χ0) is 19.3. The summed E-state index contributed by atoms with van der Waals surface area (Å²) in [5, 5.41) is 9.97. The fourth-order valence-electron chi connectivity index (χ4n) is 3.22. The number of likely N-dealkylation sites (tertiary alicyclic amines) is 1. The Morgan fingerprint density at radius 1 is 1.18 bits per heavy atom. The fraction of sp³-hybridized carbons (Fsp3) is 0.250. The van der Waals surface area contributed by atoms with Crippen molar-refractivity contribution in [2.75, 3.05) is 18.4 Å². The first-order valence-corrected chi connectivity index (χ1v) is 9.89. The molecule has 0 saturated carbocycles. The molecule has 2 heterocycles. The minimum Gasteiger partial charge on any atom is -0.334 e. The Kier molecular flexibility index (Phi) is 5.68. The van der Waals surface area contributed by atoms with E-state index in [0.717, 1.165) is 35.2 Å². The maximum Gasteiger partial charge on any atom is 0.319 e. The van der Waals surface area contributed by atoms with E-state index in [1.165, 1.54) is 0 Å². The molecule has 0 spiro atoms. The molecule has 2 amide bonds. The van der Waals surface area contributed by atoms with E-state index in [1.54, 1.807) is 0 Å². The second-order valence-electron chi connectivity index (χ2n) is 6.68. The largest absolute Gasteiger partial charge is 0.334 e. The molecular formula is C20H20BrN5O2. The molecule has 0 bridgehead atoms. The molecule has 8 heteroatoms. The summed E-state index contributed by atoms with van der Waals surface area (Å²) in [5.41, 5.74) is 1.65. The quantitative estimate of drug-likeness (QED) is 0.627. The molecule has 1 saturated heterocycles. The van der Waals surface area contributed by atoms with E-state index >= 15 is 0 Å². The molecule has 1 aliphatic heterocycles. The van der Waals surface area contributed by atoms with Crippen LogP contribution >= 0.6 is 15.9 Å². The van der Waals surface area contributed by atoms with Crippen molar-refractivity contribution >= 4 is 27.6 Å². The number of hydrogen-bond acceptors (Lipinski definition) is 5. The SMILES string of the molecule is O=C(Nc1ccccc1Br)NC1CCN(Cc2noc(-c3ccccc3)n2)C1. The Bertz CT molecular complexity index is 947. The van der Waals surface area contributed by atoms with Gasteiger partial charge in [0.25, 0.3) is 5.89 Å². The molecule has 2 aromatic carbocycles. The third-order valence-corrected chi connectivity index (χ3v) is 5.28. The van der Waals surface area contributed by atoms with Crippen LogP contribution < -0.4 is 10.6 Å². The first-order valence-electron chi connectivity index (χ1n) is 9.10. The highest BCUT2D eigenvalue weighted by Crippen LogP contribution is 2.21. The minimum atomic E-state index is -0.204. The third kappa shape index (κ3) is 4.58. The van der Waals surface area contributed by atoms with Crippen LogP contribution in [0.15, 0.2) is 63.6 Å². The van der Waals surface area contributed by atoms with Gasteiger partial charge in [0.15, 0.2) is 5.82 Å². The van der Waals surface area contributed by atoms with Crippen molar-refractivity contribution in [3.05, 3.63) is 64.9 Å². The molecule has 1 fully saturated rings. The van der Waals surface area contributed by atoms with E-state index in [0.29, 0.717) is 18.3 Å². The average molecular weight is 442 g/mol. The van der Waals surface area contributed by atoms with E-state index in [9.17, 15) is 4.79 Å². The van der Waals surface area contributed by atoms with Gasteiger partial charge < -0.3 is 15.2 Å². The number of halogens is 1. The van der Waals surface area contributed by atoms with E-state index < -0.39 is 0 Å². The van der Waals surface area contributed by atoms with Gasteiger partial charge in [-0.05, 0) is 46.6 Å². The second-order valence-corrected chi connectivity index (χ2v) is 7.54. The molecule has 28 heavy (non-hydrogen) atoms. The van der Waals surface area contributed by atoms with Crippen LogP contribution in [0.4, 0.5) is 10.5 Å². The number of carbonyl (C=O) groups excluding carboxylic acids is 1. The molecule has 7 nitrogen and oxygen atoms in total. The van der Waals surface area contributed by atoms with E-state index in [-0.39, 0.29) is 12.1 Å². The summed E-state index contributed by atoms with van der Waals surface area (Å²) >= 11 is 3.43. The number of amides is 2. The van der Waals surface area contributed by atoms with Gasteiger partial charge in [-0.3, -0.25) is 4.90 Å². The lowest BCUT2D eigenvalue weighted by Crippen LogP contribution is -2.39. The van der Waals surface area contributed by atoms with Crippen molar-refractivity contribution in [3.63, 3.8) is 0 Å². The number of nitrogens with one attached hydrogen (secondary N) is 2. The van der Waals surface area contributed by atoms with Gasteiger partial charge in [-0.15, -0.1) is 0 Å². The van der Waals surface area contributed by atoms with Crippen LogP contribution in [0, 0.1) is 0 Å². The minimum absolute atomic E-state index is 0.0861. The monoisotopic (exact) mass is 441 g/mol. The van der Waals surface area contributed by atoms with E-state index in [1.807, 2.05) is 54.6 Å². The highest BCUT2D eigenvalue weighted by Gasteiger charge is 2.25. The first-order chi connectivity index (χ1) is 13.7. The molecule has 1 atom stereocenters. The molecule has 144 valence electrons. The molecule has 1 aromatic heterocycles. The fourth-order valence-corrected chi connectivity index (χ4v) is 3.60. The molecule has 0 aliphatic carbocycles. The zero-order valence-electron chi connectivity index (χ0n) is 15.1. The first kappa shape index (κ1) is 18.6.